The van der Waals surface area contributed by atoms with Crippen LogP contribution in [0.3, 0.4) is 0 Å². The van der Waals surface area contributed by atoms with E-state index in [1.165, 1.54) is 0 Å². The number of hydrogen-bond donors (Lipinski definition) is 3. The van der Waals surface area contributed by atoms with Crippen molar-refractivity contribution in [2.75, 3.05) is 59.3 Å². The first kappa shape index (κ1) is 31.7. The molecule has 1 saturated heterocycles. The number of nitrogens with zero attached hydrogens (tertiary/aromatic N) is 2. The third kappa shape index (κ3) is 11.3. The maximum absolute atomic E-state index is 10.5. The molecule has 4 rings (SSSR count). The van der Waals surface area contributed by atoms with Crippen LogP contribution in [0.4, 0.5) is 5.69 Å². The van der Waals surface area contributed by atoms with Crippen molar-refractivity contribution in [3.63, 3.8) is 0 Å². The van der Waals surface area contributed by atoms with Crippen LogP contribution >= 0.6 is 0 Å². The Morgan fingerprint density at radius 3 is 2.10 bits per heavy atom. The van der Waals surface area contributed by atoms with E-state index in [4.69, 9.17) is 4.74 Å². The number of rotatable bonds is 13. The minimum Gasteiger partial charge on any atom is -0.497 e. The van der Waals surface area contributed by atoms with Gasteiger partial charge in [0.15, 0.2) is 0 Å². The summed E-state index contributed by atoms with van der Waals surface area (Å²) in [5.41, 5.74) is 3.20. The van der Waals surface area contributed by atoms with E-state index in [0.29, 0.717) is 25.0 Å². The summed E-state index contributed by atoms with van der Waals surface area (Å²) < 4.78 is 5.20. The SMILES string of the molecule is C(#Cc1ccccc1)c1ccccc1.COc1ccc(NC[C@H]2C[C@@H](CN(C)C)N2CCC(CO)CNC=O)cc1. The van der Waals surface area contributed by atoms with Gasteiger partial charge < -0.3 is 25.4 Å². The van der Waals surface area contributed by atoms with Crippen molar-refractivity contribution in [2.24, 2.45) is 5.92 Å². The van der Waals surface area contributed by atoms with E-state index in [1.807, 2.05) is 84.9 Å². The first-order valence-corrected chi connectivity index (χ1v) is 14.2. The molecule has 1 unspecified atom stereocenters. The molecule has 1 fully saturated rings. The van der Waals surface area contributed by atoms with Gasteiger partial charge in [-0.3, -0.25) is 9.69 Å². The molecule has 3 N–H and O–H groups in total. The molecule has 3 aromatic carbocycles. The molecule has 0 aromatic heterocycles. The van der Waals surface area contributed by atoms with Gasteiger partial charge in [0.05, 0.1) is 7.11 Å². The van der Waals surface area contributed by atoms with E-state index in [2.05, 4.69) is 46.4 Å². The molecule has 0 saturated carbocycles. The number of aliphatic hydroxyl groups is 1. The second kappa shape index (κ2) is 17.8. The van der Waals surface area contributed by atoms with Crippen LogP contribution in [-0.2, 0) is 4.79 Å². The van der Waals surface area contributed by atoms with Crippen LogP contribution in [0.25, 0.3) is 0 Å². The molecule has 1 aliphatic heterocycles. The van der Waals surface area contributed by atoms with Crippen molar-refractivity contribution in [3.05, 3.63) is 96.1 Å². The number of nitrogens with one attached hydrogen (secondary N) is 2. The zero-order chi connectivity index (χ0) is 29.3. The highest BCUT2D eigenvalue weighted by Gasteiger charge is 2.37. The van der Waals surface area contributed by atoms with E-state index in [1.54, 1.807) is 7.11 Å². The average molecular weight is 557 g/mol. The van der Waals surface area contributed by atoms with Crippen LogP contribution in [-0.4, -0.2) is 87.4 Å². The lowest BCUT2D eigenvalue weighted by molar-refractivity contribution is -0.109. The second-order valence-electron chi connectivity index (χ2n) is 10.5. The monoisotopic (exact) mass is 556 g/mol. The molecule has 0 spiro atoms. The van der Waals surface area contributed by atoms with Crippen molar-refractivity contribution < 1.29 is 14.6 Å². The van der Waals surface area contributed by atoms with Crippen molar-refractivity contribution in [1.29, 1.82) is 0 Å². The van der Waals surface area contributed by atoms with Crippen LogP contribution in [0.1, 0.15) is 24.0 Å². The molecule has 1 aliphatic rings. The van der Waals surface area contributed by atoms with Gasteiger partial charge >= 0.3 is 0 Å². The highest BCUT2D eigenvalue weighted by Crippen LogP contribution is 2.28. The van der Waals surface area contributed by atoms with Crippen molar-refractivity contribution in [3.8, 4) is 17.6 Å². The maximum Gasteiger partial charge on any atom is 0.207 e. The molecular weight excluding hydrogens is 512 g/mol. The van der Waals surface area contributed by atoms with E-state index < -0.39 is 0 Å². The summed E-state index contributed by atoms with van der Waals surface area (Å²) in [5.74, 6) is 7.18. The van der Waals surface area contributed by atoms with Gasteiger partial charge in [-0.2, -0.15) is 0 Å². The Balaban J connectivity index is 0.000000275. The number of aliphatic hydroxyl groups excluding tert-OH is 1. The molecule has 218 valence electrons. The number of methoxy groups -OCH3 is 1. The number of ether oxygens (including phenoxy) is 1. The summed E-state index contributed by atoms with van der Waals surface area (Å²) in [6.45, 7) is 3.49. The predicted octanol–water partition coefficient (Wildman–Crippen LogP) is 3.94. The van der Waals surface area contributed by atoms with Crippen LogP contribution in [0, 0.1) is 17.8 Å². The Bertz CT molecular complexity index is 1150. The van der Waals surface area contributed by atoms with Crippen LogP contribution in [0.15, 0.2) is 84.9 Å². The second-order valence-corrected chi connectivity index (χ2v) is 10.5. The third-order valence-electron chi connectivity index (χ3n) is 7.13. The number of benzene rings is 3. The van der Waals surface area contributed by atoms with Crippen molar-refractivity contribution in [1.82, 2.24) is 15.1 Å². The molecule has 1 amide bonds. The van der Waals surface area contributed by atoms with E-state index in [-0.39, 0.29) is 12.5 Å². The molecule has 7 heteroatoms. The number of likely N-dealkylation sites (N-methyl/N-ethyl adjacent to an activating group) is 1. The van der Waals surface area contributed by atoms with Gasteiger partial charge in [0.2, 0.25) is 6.41 Å². The Kier molecular flexibility index (Phi) is 13.7. The summed E-state index contributed by atoms with van der Waals surface area (Å²) in [7, 11) is 5.88. The molecular formula is C34H44N4O3. The summed E-state index contributed by atoms with van der Waals surface area (Å²) in [5, 5.41) is 15.7. The zero-order valence-corrected chi connectivity index (χ0v) is 24.5. The number of anilines is 1. The lowest BCUT2D eigenvalue weighted by Gasteiger charge is -2.50. The molecule has 3 atom stereocenters. The summed E-state index contributed by atoms with van der Waals surface area (Å²) >= 11 is 0. The van der Waals surface area contributed by atoms with Gasteiger partial charge in [-0.05, 0) is 82.0 Å². The molecule has 41 heavy (non-hydrogen) atoms. The highest BCUT2D eigenvalue weighted by molar-refractivity contribution is 5.47. The first-order chi connectivity index (χ1) is 20.0. The molecule has 3 aromatic rings. The van der Waals surface area contributed by atoms with E-state index in [0.717, 1.165) is 55.0 Å². The maximum atomic E-state index is 10.5. The predicted molar refractivity (Wildman–Crippen MR) is 167 cm³/mol. The highest BCUT2D eigenvalue weighted by atomic mass is 16.5. The lowest BCUT2D eigenvalue weighted by atomic mass is 9.90. The average Bonchev–Trinajstić information content (AvgIpc) is 3.00. The molecule has 7 nitrogen and oxygen atoms in total. The number of carbonyl (C=O) groups is 1. The molecule has 0 radical (unpaired) electrons. The third-order valence-corrected chi connectivity index (χ3v) is 7.13. The molecule has 0 aliphatic carbocycles. The van der Waals surface area contributed by atoms with Gasteiger partial charge in [-0.1, -0.05) is 48.2 Å². The van der Waals surface area contributed by atoms with Crippen LogP contribution in [0.2, 0.25) is 0 Å². The largest absolute Gasteiger partial charge is 0.497 e. The van der Waals surface area contributed by atoms with Gasteiger partial charge in [-0.25, -0.2) is 0 Å². The van der Waals surface area contributed by atoms with Gasteiger partial charge in [0.1, 0.15) is 5.75 Å². The lowest BCUT2D eigenvalue weighted by Crippen LogP contribution is -2.61. The fraction of sp³-hybridized carbons (Fsp3) is 0.382. The Morgan fingerprint density at radius 1 is 0.976 bits per heavy atom. The number of likely N-dealkylation sites (tertiary alicyclic amines) is 1. The number of amides is 1. The van der Waals surface area contributed by atoms with Gasteiger partial charge in [0.25, 0.3) is 0 Å². The standard InChI is InChI=1S/C20H34N4O3.C14H10/c1-23(2)13-19-10-18(12-22-17-4-6-20(27-3)7-5-17)24(19)9-8-16(14-25)11-21-15-26;1-3-7-13(8-4-1)11-12-14-9-5-2-6-10-14/h4-7,15-16,18-19,22,25H,8-14H2,1-3H3,(H,21,26);1-10H/t16?,18-,19+;/m1./s1. The normalized spacial score (nSPS) is 16.7. The topological polar surface area (TPSA) is 77.1 Å². The minimum absolute atomic E-state index is 0.0990. The van der Waals surface area contributed by atoms with Gasteiger partial charge in [0, 0.05) is 61.1 Å². The first-order valence-electron chi connectivity index (χ1n) is 14.2. The quantitative estimate of drug-likeness (QED) is 0.219. The number of carbonyl (C=O) groups excluding carboxylic acids is 1. The van der Waals surface area contributed by atoms with Crippen LogP contribution < -0.4 is 15.4 Å². The van der Waals surface area contributed by atoms with E-state index in [9.17, 15) is 9.90 Å². The summed E-state index contributed by atoms with van der Waals surface area (Å²) in [6.07, 6.45) is 2.74. The van der Waals surface area contributed by atoms with Gasteiger partial charge in [-0.15, -0.1) is 0 Å². The molecule has 0 bridgehead atoms. The Labute approximate surface area is 245 Å². The van der Waals surface area contributed by atoms with Crippen molar-refractivity contribution >= 4 is 12.1 Å². The Hall–Kier alpha value is -3.83. The summed E-state index contributed by atoms with van der Waals surface area (Å²) in [6, 6.07) is 29.0. The zero-order valence-electron chi connectivity index (χ0n) is 24.5. The van der Waals surface area contributed by atoms with Crippen molar-refractivity contribution in [2.45, 2.75) is 24.9 Å². The number of hydrogen-bond acceptors (Lipinski definition) is 6. The fourth-order valence-electron chi connectivity index (χ4n) is 4.85. The minimum atomic E-state index is 0.0990. The Morgan fingerprint density at radius 2 is 1.59 bits per heavy atom. The fourth-order valence-corrected chi connectivity index (χ4v) is 4.85. The van der Waals surface area contributed by atoms with Crippen LogP contribution in [0.5, 0.6) is 5.75 Å². The molecule has 1 heterocycles. The van der Waals surface area contributed by atoms with E-state index >= 15 is 0 Å². The smallest absolute Gasteiger partial charge is 0.207 e. The summed E-state index contributed by atoms with van der Waals surface area (Å²) in [4.78, 5) is 15.2.